The van der Waals surface area contributed by atoms with Gasteiger partial charge in [0.15, 0.2) is 37.7 Å². The number of carbonyl (C=O) groups excluding carboxylic acids is 3. The van der Waals surface area contributed by atoms with Gasteiger partial charge in [-0.3, -0.25) is 14.4 Å². The molecule has 6 saturated heterocycles. The van der Waals surface area contributed by atoms with E-state index in [-0.39, 0.29) is 0 Å². The predicted octanol–water partition coefficient (Wildman–Crippen LogP) is -13.7. The number of aliphatic hydroxyl groups is 17. The highest BCUT2D eigenvalue weighted by molar-refractivity contribution is 5.74. The summed E-state index contributed by atoms with van der Waals surface area (Å²) in [5.41, 5.74) is 0. The zero-order valence-electron chi connectivity index (χ0n) is 40.9. The Morgan fingerprint density at radius 2 is 0.618 bits per heavy atom. The Kier molecular flexibility index (Phi) is 22.3. The minimum atomic E-state index is -2.27. The molecule has 0 bridgehead atoms. The molecule has 6 rings (SSSR count). The molecule has 0 saturated carbocycles. The monoisotopic (exact) mass is 1110 g/mol. The standard InChI is InChI=1S/C42H71N3O31/c1-10(52)43-19-26(59)22(55)13(4-46)67-38(19)74-34-20(44-11(2)53)40(69-14(5-47)23(34)56)76-36-25(58)16(7-49)70-42(31(36)64)75-35-21(45-12(3)54)39(68-15(6-48)24(35)57)72-33-18(9-51)71-41(30(63)28(33)61)73-32-17(8-50)66-37(65)29(62)27(32)60/h13-42,46-51,55-65H,4-9H2,1-3H3,(H,43,52)(H,44,53)(H,45,54)/t13-,14-,15-,16-,17-,18-,19-,20-,21-,22+,23+,24+,25+,26-,27-,28-,29-,30-,31-,32-,33+,34-,35-,36+,37-,38-,39+,40+,41+,42+/m1/s1. The first-order valence-electron chi connectivity index (χ1n) is 24.1. The summed E-state index contributed by atoms with van der Waals surface area (Å²) in [6.07, 6.45) is -51.3. The lowest BCUT2D eigenvalue weighted by molar-refractivity contribution is -0.384. The Labute approximate surface area is 431 Å². The first-order valence-corrected chi connectivity index (χ1v) is 24.1. The number of amides is 3. The fraction of sp³-hybridized carbons (Fsp3) is 0.929. The zero-order valence-corrected chi connectivity index (χ0v) is 40.9. The second-order valence-electron chi connectivity index (χ2n) is 19.0. The normalized spacial score (nSPS) is 48.2. The topological polar surface area (TPSA) is 533 Å². The van der Waals surface area contributed by atoms with Crippen LogP contribution in [0, 0.1) is 0 Å². The first kappa shape index (κ1) is 62.5. The van der Waals surface area contributed by atoms with Gasteiger partial charge in [-0.15, -0.1) is 0 Å². The van der Waals surface area contributed by atoms with Gasteiger partial charge in [-0.05, 0) is 0 Å². The molecule has 34 nitrogen and oxygen atoms in total. The van der Waals surface area contributed by atoms with Crippen molar-refractivity contribution in [2.24, 2.45) is 0 Å². The van der Waals surface area contributed by atoms with Gasteiger partial charge in [0, 0.05) is 20.8 Å². The highest BCUT2D eigenvalue weighted by Gasteiger charge is 2.58. The molecule has 440 valence electrons. The average molecular weight is 1110 g/mol. The molecule has 0 aromatic rings. The molecular formula is C42H71N3O31. The highest BCUT2D eigenvalue weighted by atomic mass is 16.8. The molecule has 6 heterocycles. The molecule has 76 heavy (non-hydrogen) atoms. The summed E-state index contributed by atoms with van der Waals surface area (Å²) in [5, 5.41) is 190. The fourth-order valence-electron chi connectivity index (χ4n) is 9.72. The lowest BCUT2D eigenvalue weighted by atomic mass is 9.93. The zero-order chi connectivity index (χ0) is 56.2. The summed E-state index contributed by atoms with van der Waals surface area (Å²) in [4.78, 5) is 37.7. The van der Waals surface area contributed by atoms with Crippen LogP contribution in [0.2, 0.25) is 0 Å². The lowest BCUT2D eigenvalue weighted by Gasteiger charge is -2.51. The molecule has 30 atom stereocenters. The van der Waals surface area contributed by atoms with Crippen LogP contribution < -0.4 is 16.0 Å². The molecule has 6 fully saturated rings. The van der Waals surface area contributed by atoms with Crippen LogP contribution in [0.3, 0.4) is 0 Å². The van der Waals surface area contributed by atoms with E-state index in [1.54, 1.807) is 0 Å². The van der Waals surface area contributed by atoms with Gasteiger partial charge < -0.3 is 155 Å². The van der Waals surface area contributed by atoms with Gasteiger partial charge in [0.1, 0.15) is 146 Å². The van der Waals surface area contributed by atoms with Gasteiger partial charge in [-0.25, -0.2) is 0 Å². The van der Waals surface area contributed by atoms with Crippen LogP contribution >= 0.6 is 0 Å². The van der Waals surface area contributed by atoms with Gasteiger partial charge in [-0.1, -0.05) is 0 Å². The second kappa shape index (κ2) is 27.2. The van der Waals surface area contributed by atoms with Crippen molar-refractivity contribution in [2.45, 2.75) is 205 Å². The van der Waals surface area contributed by atoms with Crippen molar-refractivity contribution in [2.75, 3.05) is 39.6 Å². The van der Waals surface area contributed by atoms with Crippen LogP contribution in [-0.4, -0.2) is 328 Å². The maximum absolute atomic E-state index is 12.8. The Balaban J connectivity index is 1.26. The SMILES string of the molecule is CC(=O)N[C@H]1[C@@H](O[C@H]2[C@@H](O)[C@@H](CO)O[C@@H](O[C@H]3[C@@H](O)[C@@H](CO)O[C@@H](O[C@H]4[C@@H](O)[C@@H](CO)O[C@@H](O[C@@H]5[C@H](O)[C@@H](O)[C@H](O[C@H]6[C@H](O)[C@@H](O)[C@H](O)O[C@@H]6CO)O[C@@H]5CO)[C@@H]4NC(C)=O)[C@@H]3O)[C@@H]2NC(C)=O)O[C@H](CO)[C@H](O)[C@@H]1O. The van der Waals surface area contributed by atoms with Gasteiger partial charge in [0.25, 0.3) is 0 Å². The van der Waals surface area contributed by atoms with Crippen LogP contribution in [0.25, 0.3) is 0 Å². The Morgan fingerprint density at radius 3 is 1.07 bits per heavy atom. The third-order valence-corrected chi connectivity index (χ3v) is 13.6. The van der Waals surface area contributed by atoms with Gasteiger partial charge in [-0.2, -0.15) is 0 Å². The van der Waals surface area contributed by atoms with E-state index in [2.05, 4.69) is 16.0 Å². The third kappa shape index (κ3) is 13.5. The number of ether oxygens (including phenoxy) is 11. The smallest absolute Gasteiger partial charge is 0.217 e. The minimum absolute atomic E-state index is 0.757. The maximum atomic E-state index is 12.8. The molecule has 6 aliphatic rings. The molecule has 34 heteroatoms. The molecule has 0 spiro atoms. The van der Waals surface area contributed by atoms with E-state index in [0.29, 0.717) is 0 Å². The van der Waals surface area contributed by atoms with Crippen LogP contribution in [0.5, 0.6) is 0 Å². The number of rotatable bonds is 19. The van der Waals surface area contributed by atoms with Crippen LogP contribution in [-0.2, 0) is 66.5 Å². The summed E-state index contributed by atoms with van der Waals surface area (Å²) in [7, 11) is 0. The van der Waals surface area contributed by atoms with E-state index in [4.69, 9.17) is 52.1 Å². The van der Waals surface area contributed by atoms with Crippen molar-refractivity contribution in [3.8, 4) is 0 Å². The van der Waals surface area contributed by atoms with E-state index >= 15 is 0 Å². The molecule has 3 amide bonds. The summed E-state index contributed by atoms with van der Waals surface area (Å²) in [5.74, 6) is -2.48. The Morgan fingerprint density at radius 1 is 0.316 bits per heavy atom. The third-order valence-electron chi connectivity index (χ3n) is 13.6. The number of carbonyl (C=O) groups is 3. The number of hydrogen-bond donors (Lipinski definition) is 20. The maximum Gasteiger partial charge on any atom is 0.217 e. The molecule has 0 aromatic carbocycles. The lowest BCUT2D eigenvalue weighted by Crippen LogP contribution is -2.71. The average Bonchev–Trinajstić information content (AvgIpc) is 3.38. The molecule has 6 aliphatic heterocycles. The van der Waals surface area contributed by atoms with Crippen molar-refractivity contribution in [1.29, 1.82) is 0 Å². The fourth-order valence-corrected chi connectivity index (χ4v) is 9.72. The predicted molar refractivity (Wildman–Crippen MR) is 234 cm³/mol. The largest absolute Gasteiger partial charge is 0.394 e. The van der Waals surface area contributed by atoms with E-state index in [1.165, 1.54) is 0 Å². The Hall–Kier alpha value is -2.71. The van der Waals surface area contributed by atoms with Crippen LogP contribution in [0.15, 0.2) is 0 Å². The number of hydrogen-bond acceptors (Lipinski definition) is 31. The molecule has 0 aromatic heterocycles. The van der Waals surface area contributed by atoms with E-state index < -0.39 is 241 Å². The van der Waals surface area contributed by atoms with Crippen molar-refractivity contribution in [3.63, 3.8) is 0 Å². The van der Waals surface area contributed by atoms with Crippen molar-refractivity contribution in [3.05, 3.63) is 0 Å². The molecule has 0 unspecified atom stereocenters. The van der Waals surface area contributed by atoms with E-state index in [1.807, 2.05) is 0 Å². The van der Waals surface area contributed by atoms with Crippen molar-refractivity contribution < 1.29 is 153 Å². The summed E-state index contributed by atoms with van der Waals surface area (Å²) in [6, 6.07) is -5.14. The summed E-state index contributed by atoms with van der Waals surface area (Å²) in [6.45, 7) is -2.83. The minimum Gasteiger partial charge on any atom is -0.394 e. The summed E-state index contributed by atoms with van der Waals surface area (Å²) < 4.78 is 63.4. The van der Waals surface area contributed by atoms with Gasteiger partial charge in [0.2, 0.25) is 17.7 Å². The molecule has 0 radical (unpaired) electrons. The van der Waals surface area contributed by atoms with Gasteiger partial charge >= 0.3 is 0 Å². The van der Waals surface area contributed by atoms with Gasteiger partial charge in [0.05, 0.1) is 39.6 Å². The second-order valence-corrected chi connectivity index (χ2v) is 19.0. The number of aliphatic hydroxyl groups excluding tert-OH is 17. The van der Waals surface area contributed by atoms with Crippen LogP contribution in [0.4, 0.5) is 0 Å². The summed E-state index contributed by atoms with van der Waals surface area (Å²) >= 11 is 0. The van der Waals surface area contributed by atoms with Crippen LogP contribution in [0.1, 0.15) is 20.8 Å². The van der Waals surface area contributed by atoms with E-state index in [9.17, 15) is 101 Å². The first-order chi connectivity index (χ1) is 35.9. The molecular weight excluding hydrogens is 1040 g/mol. The highest BCUT2D eigenvalue weighted by Crippen LogP contribution is 2.37. The van der Waals surface area contributed by atoms with Crippen molar-refractivity contribution in [1.82, 2.24) is 16.0 Å². The Bertz CT molecular complexity index is 1870. The molecule has 20 N–H and O–H groups in total. The quantitative estimate of drug-likeness (QED) is 0.0571. The van der Waals surface area contributed by atoms with Crippen molar-refractivity contribution >= 4 is 17.7 Å². The molecule has 0 aliphatic carbocycles. The number of nitrogens with one attached hydrogen (secondary N) is 3. The van der Waals surface area contributed by atoms with E-state index in [0.717, 1.165) is 20.8 Å².